The lowest BCUT2D eigenvalue weighted by molar-refractivity contribution is 0.0936. The van der Waals surface area contributed by atoms with E-state index >= 15 is 0 Å². The topological polar surface area (TPSA) is 89.3 Å². The van der Waals surface area contributed by atoms with Gasteiger partial charge in [-0.25, -0.2) is 0 Å². The number of H-pyrrole nitrogens is 1. The zero-order valence-corrected chi connectivity index (χ0v) is 18.1. The Balaban J connectivity index is 1.57. The molecule has 2 aromatic heterocycles. The highest BCUT2D eigenvalue weighted by molar-refractivity contribution is 7.71. The van der Waals surface area contributed by atoms with Crippen molar-refractivity contribution in [3.63, 3.8) is 0 Å². The van der Waals surface area contributed by atoms with Crippen LogP contribution in [0.1, 0.15) is 35.5 Å². The number of aromatic amines is 1. The number of nitrogens with zero attached hydrogens (tertiary/aromatic N) is 1. The maximum Gasteiger partial charge on any atom is 0.262 e. The minimum atomic E-state index is -0.317. The van der Waals surface area contributed by atoms with E-state index in [4.69, 9.17) is 21.4 Å². The molecule has 4 aromatic rings. The Kier molecular flexibility index (Phi) is 6.01. The average molecular weight is 438 g/mol. The highest BCUT2D eigenvalue weighted by Gasteiger charge is 2.16. The van der Waals surface area contributed by atoms with E-state index < -0.39 is 0 Å². The summed E-state index contributed by atoms with van der Waals surface area (Å²) in [5.74, 6) is 0.409. The van der Waals surface area contributed by atoms with Gasteiger partial charge in [0.2, 0.25) is 0 Å². The molecule has 7 nitrogen and oxygen atoms in total. The molecule has 2 N–H and O–H groups in total. The summed E-state index contributed by atoms with van der Waals surface area (Å²) >= 11 is 5.34. The van der Waals surface area contributed by atoms with Crippen LogP contribution in [0, 0.1) is 4.77 Å². The van der Waals surface area contributed by atoms with Gasteiger partial charge < -0.3 is 19.5 Å². The number of furan rings is 1. The van der Waals surface area contributed by atoms with Gasteiger partial charge in [0.15, 0.2) is 4.77 Å². The molecule has 2 aromatic carbocycles. The summed E-state index contributed by atoms with van der Waals surface area (Å²) < 4.78 is 12.7. The third-order valence-electron chi connectivity index (χ3n) is 5.19. The van der Waals surface area contributed by atoms with E-state index in [-0.39, 0.29) is 17.5 Å². The van der Waals surface area contributed by atoms with Crippen LogP contribution in [-0.4, -0.2) is 29.2 Å². The van der Waals surface area contributed by atoms with Gasteiger partial charge in [0.25, 0.3) is 11.5 Å². The van der Waals surface area contributed by atoms with E-state index in [0.29, 0.717) is 46.6 Å². The fourth-order valence-electron chi connectivity index (χ4n) is 3.53. The van der Waals surface area contributed by atoms with Gasteiger partial charge in [-0.2, -0.15) is 0 Å². The number of aromatic nitrogens is 2. The van der Waals surface area contributed by atoms with Gasteiger partial charge in [-0.3, -0.25) is 14.2 Å². The number of fused-ring (bicyclic) bond motifs is 2. The predicted octanol–water partition coefficient (Wildman–Crippen LogP) is 4.33. The third-order valence-corrected chi connectivity index (χ3v) is 5.52. The van der Waals surface area contributed by atoms with Crippen LogP contribution in [0.2, 0.25) is 0 Å². The number of nitrogens with one attached hydrogen (secondary N) is 2. The largest absolute Gasteiger partial charge is 0.459 e. The maximum absolute atomic E-state index is 12.8. The van der Waals surface area contributed by atoms with Crippen molar-refractivity contribution in [2.75, 3.05) is 13.7 Å². The van der Waals surface area contributed by atoms with Crippen LogP contribution < -0.4 is 10.9 Å². The Morgan fingerprint density at radius 3 is 2.84 bits per heavy atom. The van der Waals surface area contributed by atoms with Crippen LogP contribution >= 0.6 is 12.2 Å². The first kappa shape index (κ1) is 21.0. The molecule has 8 heteroatoms. The molecule has 0 aliphatic rings. The van der Waals surface area contributed by atoms with Crippen molar-refractivity contribution >= 4 is 40.0 Å². The Bertz CT molecular complexity index is 1340. The molecule has 1 unspecified atom stereocenters. The van der Waals surface area contributed by atoms with E-state index in [0.717, 1.165) is 11.0 Å². The summed E-state index contributed by atoms with van der Waals surface area (Å²) in [7, 11) is 1.62. The Morgan fingerprint density at radius 2 is 2.06 bits per heavy atom. The number of carbonyl (C=O) groups is 1. The van der Waals surface area contributed by atoms with Crippen LogP contribution in [0.25, 0.3) is 21.9 Å². The van der Waals surface area contributed by atoms with Gasteiger partial charge in [-0.15, -0.1) is 0 Å². The van der Waals surface area contributed by atoms with Crippen molar-refractivity contribution < 1.29 is 13.9 Å². The molecule has 0 aliphatic carbocycles. The quantitative estimate of drug-likeness (QED) is 0.332. The fourth-order valence-corrected chi connectivity index (χ4v) is 3.82. The lowest BCUT2D eigenvalue weighted by atomic mass is 10.1. The fraction of sp³-hybridized carbons (Fsp3) is 0.261. The average Bonchev–Trinajstić information content (AvgIpc) is 3.20. The Labute approximate surface area is 183 Å². The molecule has 4 rings (SSSR count). The second-order valence-corrected chi connectivity index (χ2v) is 7.76. The van der Waals surface area contributed by atoms with E-state index in [1.807, 2.05) is 37.3 Å². The van der Waals surface area contributed by atoms with Crippen molar-refractivity contribution in [2.24, 2.45) is 0 Å². The second-order valence-electron chi connectivity index (χ2n) is 7.38. The first-order chi connectivity index (χ1) is 15.0. The molecular weight excluding hydrogens is 414 g/mol. The van der Waals surface area contributed by atoms with Crippen molar-refractivity contribution in [1.29, 1.82) is 0 Å². The highest BCUT2D eigenvalue weighted by atomic mass is 32.1. The zero-order valence-electron chi connectivity index (χ0n) is 17.3. The van der Waals surface area contributed by atoms with Crippen molar-refractivity contribution in [2.45, 2.75) is 25.9 Å². The van der Waals surface area contributed by atoms with Crippen LogP contribution in [0.3, 0.4) is 0 Å². The summed E-state index contributed by atoms with van der Waals surface area (Å²) in [5, 5.41) is 4.41. The molecule has 1 amide bonds. The molecule has 0 bridgehead atoms. The van der Waals surface area contributed by atoms with Gasteiger partial charge in [0, 0.05) is 31.2 Å². The van der Waals surface area contributed by atoms with E-state index in [9.17, 15) is 9.59 Å². The number of rotatable bonds is 7. The van der Waals surface area contributed by atoms with Crippen LogP contribution in [0.4, 0.5) is 0 Å². The van der Waals surface area contributed by atoms with E-state index in [1.165, 1.54) is 4.57 Å². The van der Waals surface area contributed by atoms with E-state index in [1.54, 1.807) is 25.3 Å². The first-order valence-electron chi connectivity index (χ1n) is 10.0. The molecule has 0 fully saturated rings. The zero-order chi connectivity index (χ0) is 22.0. The number of carbonyl (C=O) groups excluding carboxylic acids is 1. The van der Waals surface area contributed by atoms with Gasteiger partial charge in [-0.1, -0.05) is 18.2 Å². The summed E-state index contributed by atoms with van der Waals surface area (Å²) in [6.45, 7) is 2.87. The lowest BCUT2D eigenvalue weighted by Crippen LogP contribution is -2.27. The predicted molar refractivity (Wildman–Crippen MR) is 122 cm³/mol. The van der Waals surface area contributed by atoms with Crippen molar-refractivity contribution in [3.8, 4) is 0 Å². The molecule has 0 saturated heterocycles. The number of hydrogen-bond acceptors (Lipinski definition) is 5. The number of ether oxygens (including phenoxy) is 1. The number of para-hydroxylation sites is 1. The number of amides is 1. The molecular formula is C23H23N3O4S. The monoisotopic (exact) mass is 437 g/mol. The number of methoxy groups -OCH3 is 1. The molecule has 1 atom stereocenters. The summed E-state index contributed by atoms with van der Waals surface area (Å²) in [5.41, 5.74) is 1.55. The summed E-state index contributed by atoms with van der Waals surface area (Å²) in [6, 6.07) is 14.2. The van der Waals surface area contributed by atoms with Crippen LogP contribution in [-0.2, 0) is 11.3 Å². The number of hydrogen-bond donors (Lipinski definition) is 2. The molecule has 160 valence electrons. The number of benzene rings is 2. The van der Waals surface area contributed by atoms with Crippen LogP contribution in [0.15, 0.2) is 57.7 Å². The molecule has 2 heterocycles. The summed E-state index contributed by atoms with van der Waals surface area (Å²) in [4.78, 5) is 28.7. The Morgan fingerprint density at radius 1 is 1.26 bits per heavy atom. The van der Waals surface area contributed by atoms with Gasteiger partial charge in [-0.05, 0) is 55.9 Å². The van der Waals surface area contributed by atoms with E-state index in [2.05, 4.69) is 10.3 Å². The minimum absolute atomic E-state index is 0.183. The molecule has 0 spiro atoms. The smallest absolute Gasteiger partial charge is 0.262 e. The van der Waals surface area contributed by atoms with Gasteiger partial charge in [0.1, 0.15) is 11.3 Å². The highest BCUT2D eigenvalue weighted by Crippen LogP contribution is 2.24. The molecule has 0 saturated carbocycles. The molecule has 31 heavy (non-hydrogen) atoms. The van der Waals surface area contributed by atoms with Gasteiger partial charge in [0.05, 0.1) is 16.9 Å². The Hall–Kier alpha value is -3.23. The molecule has 0 aliphatic heterocycles. The normalized spacial score (nSPS) is 12.3. The van der Waals surface area contributed by atoms with Crippen molar-refractivity contribution in [3.05, 3.63) is 75.0 Å². The summed E-state index contributed by atoms with van der Waals surface area (Å²) in [6.07, 6.45) is 0.680. The molecule has 0 radical (unpaired) electrons. The van der Waals surface area contributed by atoms with Crippen LogP contribution in [0.5, 0.6) is 0 Å². The first-order valence-corrected chi connectivity index (χ1v) is 10.4. The van der Waals surface area contributed by atoms with Crippen molar-refractivity contribution in [1.82, 2.24) is 14.9 Å². The lowest BCUT2D eigenvalue weighted by Gasteiger charge is -2.12. The maximum atomic E-state index is 12.8. The SMILES string of the molecule is COCCCn1c(=S)[nH]c2cc(C(=O)NC(C)c3cc4ccccc4o3)ccc2c1=O. The third kappa shape index (κ3) is 4.30. The van der Waals surface area contributed by atoms with Gasteiger partial charge >= 0.3 is 0 Å². The standard InChI is InChI=1S/C23H23N3O4S/c1-14(20-13-15-6-3-4-7-19(15)30-20)24-21(27)16-8-9-17-18(12-16)25-23(31)26(22(17)28)10-5-11-29-2/h3-4,6-9,12-14H,5,10-11H2,1-2H3,(H,24,27)(H,25,31). The second kappa shape index (κ2) is 8.87. The minimum Gasteiger partial charge on any atom is -0.459 e.